The lowest BCUT2D eigenvalue weighted by atomic mass is 9.76. The second-order valence-corrected chi connectivity index (χ2v) is 22.5. The van der Waals surface area contributed by atoms with Crippen molar-refractivity contribution in [2.24, 2.45) is 0 Å². The van der Waals surface area contributed by atoms with E-state index in [1.807, 2.05) is 65.0 Å². The normalized spacial score (nSPS) is 19.5. The first-order valence-electron chi connectivity index (χ1n) is 22.5. The molecule has 5 N–H and O–H groups in total. The monoisotopic (exact) mass is 1020 g/mol. The molecular weight excluding hydrogens is 955 g/mol. The van der Waals surface area contributed by atoms with Crippen molar-refractivity contribution in [2.75, 3.05) is 44.1 Å². The number of benzene rings is 2. The predicted octanol–water partition coefficient (Wildman–Crippen LogP) is 7.20. The Morgan fingerprint density at radius 2 is 1.39 bits per heavy atom. The van der Waals surface area contributed by atoms with Crippen molar-refractivity contribution in [1.82, 2.24) is 4.73 Å². The molecule has 0 aliphatic carbocycles. The van der Waals surface area contributed by atoms with Crippen LogP contribution >= 0.6 is 0 Å². The molecule has 0 spiro atoms. The van der Waals surface area contributed by atoms with Gasteiger partial charge in [-0.05, 0) is 115 Å². The molecule has 0 radical (unpaired) electrons. The summed E-state index contributed by atoms with van der Waals surface area (Å²) < 4.78 is 117. The van der Waals surface area contributed by atoms with E-state index >= 15 is 0 Å². The number of nitrogens with zero attached hydrogens (tertiary/aromatic N) is 3. The fraction of sp³-hybridized carbons (Fsp3) is 0.458. The van der Waals surface area contributed by atoms with Crippen LogP contribution in [0.2, 0.25) is 0 Å². The highest BCUT2D eigenvalue weighted by atomic mass is 32.2. The number of ether oxygens (including phenoxy) is 2. The van der Waals surface area contributed by atoms with Gasteiger partial charge < -0.3 is 29.4 Å². The Balaban J connectivity index is 1.47. The second kappa shape index (κ2) is 22.3. The Morgan fingerprint density at radius 1 is 0.768 bits per heavy atom. The average Bonchev–Trinajstić information content (AvgIpc) is 3.80. The first kappa shape index (κ1) is 54.8. The fourth-order valence-corrected chi connectivity index (χ4v) is 10.6. The quantitative estimate of drug-likeness (QED) is 0.0243. The van der Waals surface area contributed by atoms with Crippen molar-refractivity contribution in [3.63, 3.8) is 0 Å². The SMILES string of the molecule is CCOCCC(C)(C)N1C(=CC=CC=CC=CC2=[N+](CCCCCC(=O)On3c(O)ccc3O)c3ccc(S(=O)(=O)O)cc3C2(C)CCOC)C(C)(CCCS(=O)(=O)O)c2cc(S(=O)(=O)O)ccc21. The average molecular weight is 1020 g/mol. The highest BCUT2D eigenvalue weighted by molar-refractivity contribution is 7.86. The number of fused-ring (bicyclic) bond motifs is 2. The lowest BCUT2D eigenvalue weighted by molar-refractivity contribution is -0.438. The lowest BCUT2D eigenvalue weighted by Crippen LogP contribution is -2.45. The van der Waals surface area contributed by atoms with Crippen LogP contribution in [0.4, 0.5) is 11.4 Å². The minimum Gasteiger partial charge on any atom is -0.492 e. The summed E-state index contributed by atoms with van der Waals surface area (Å²) in [7, 11) is -11.9. The van der Waals surface area contributed by atoms with Crippen LogP contribution in [0.3, 0.4) is 0 Å². The third-order valence-electron chi connectivity index (χ3n) is 12.7. The molecule has 2 aliphatic rings. The van der Waals surface area contributed by atoms with Gasteiger partial charge in [-0.15, -0.1) is 4.73 Å². The lowest BCUT2D eigenvalue weighted by Gasteiger charge is -2.41. The first-order valence-corrected chi connectivity index (χ1v) is 27.0. The van der Waals surface area contributed by atoms with Crippen molar-refractivity contribution in [2.45, 2.75) is 112 Å². The van der Waals surface area contributed by atoms with Crippen LogP contribution < -0.4 is 9.74 Å². The van der Waals surface area contributed by atoms with E-state index in [1.165, 1.54) is 36.4 Å². The Kier molecular flexibility index (Phi) is 17.7. The minimum atomic E-state index is -4.60. The summed E-state index contributed by atoms with van der Waals surface area (Å²) in [6.07, 6.45) is 15.8. The number of hydrogen-bond donors (Lipinski definition) is 5. The number of methoxy groups -OCH3 is 1. The Hall–Kier alpha value is -5.13. The summed E-state index contributed by atoms with van der Waals surface area (Å²) in [6.45, 7) is 11.5. The first-order chi connectivity index (χ1) is 32.3. The molecule has 2 aliphatic heterocycles. The van der Waals surface area contributed by atoms with Crippen molar-refractivity contribution < 1.29 is 72.8 Å². The fourth-order valence-electron chi connectivity index (χ4n) is 9.03. The Bertz CT molecular complexity index is 2840. The number of rotatable bonds is 25. The molecule has 0 bridgehead atoms. The summed E-state index contributed by atoms with van der Waals surface area (Å²) in [5.74, 6) is -2.00. The zero-order chi connectivity index (χ0) is 51.0. The van der Waals surface area contributed by atoms with Crippen molar-refractivity contribution in [1.29, 1.82) is 0 Å². The highest BCUT2D eigenvalue weighted by Gasteiger charge is 2.49. The zero-order valence-electron chi connectivity index (χ0n) is 39.7. The molecule has 1 aromatic heterocycles. The topological polar surface area (TPSA) is 260 Å². The molecule has 378 valence electrons. The van der Waals surface area contributed by atoms with Gasteiger partial charge in [0.2, 0.25) is 17.4 Å². The predicted molar refractivity (Wildman–Crippen MR) is 260 cm³/mol. The number of aromatic hydroxyl groups is 2. The molecule has 69 heavy (non-hydrogen) atoms. The largest absolute Gasteiger partial charge is 0.492 e. The summed E-state index contributed by atoms with van der Waals surface area (Å²) in [6, 6.07) is 11.2. The molecule has 21 heteroatoms. The van der Waals surface area contributed by atoms with Crippen LogP contribution in [0.25, 0.3) is 0 Å². The zero-order valence-corrected chi connectivity index (χ0v) is 42.2. The van der Waals surface area contributed by atoms with Gasteiger partial charge in [-0.3, -0.25) is 13.7 Å². The molecule has 3 heterocycles. The number of carbonyl (C=O) groups is 1. The molecule has 5 rings (SSSR count). The van der Waals surface area contributed by atoms with Gasteiger partial charge in [0.05, 0.1) is 21.0 Å². The molecule has 18 nitrogen and oxygen atoms in total. The highest BCUT2D eigenvalue weighted by Crippen LogP contribution is 2.54. The number of allylic oxidation sites excluding steroid dienone is 8. The summed E-state index contributed by atoms with van der Waals surface area (Å²) in [4.78, 5) is 19.1. The van der Waals surface area contributed by atoms with E-state index in [0.717, 1.165) is 17.1 Å². The van der Waals surface area contributed by atoms with E-state index < -0.39 is 70.2 Å². The van der Waals surface area contributed by atoms with E-state index in [-0.39, 0.29) is 29.1 Å². The summed E-state index contributed by atoms with van der Waals surface area (Å²) in [5, 5.41) is 19.6. The Labute approximate surface area is 405 Å². The van der Waals surface area contributed by atoms with E-state index in [4.69, 9.17) is 14.3 Å². The van der Waals surface area contributed by atoms with Crippen LogP contribution in [-0.2, 0) is 55.5 Å². The van der Waals surface area contributed by atoms with E-state index in [0.29, 0.717) is 80.0 Å². The van der Waals surface area contributed by atoms with E-state index in [2.05, 4.69) is 9.48 Å². The molecule has 0 fully saturated rings. The number of unbranched alkanes of at least 4 members (excludes halogenated alkanes) is 2. The van der Waals surface area contributed by atoms with E-state index in [1.54, 1.807) is 31.4 Å². The van der Waals surface area contributed by atoms with Gasteiger partial charge in [0.1, 0.15) is 6.54 Å². The second-order valence-electron chi connectivity index (χ2n) is 18.0. The van der Waals surface area contributed by atoms with Crippen LogP contribution in [0.15, 0.2) is 107 Å². The molecule has 0 saturated carbocycles. The van der Waals surface area contributed by atoms with Gasteiger partial charge in [-0.25, -0.2) is 4.79 Å². The maximum atomic E-state index is 12.5. The van der Waals surface area contributed by atoms with E-state index in [9.17, 15) is 53.9 Å². The molecule has 0 amide bonds. The van der Waals surface area contributed by atoms with Gasteiger partial charge >= 0.3 is 5.97 Å². The summed E-state index contributed by atoms with van der Waals surface area (Å²) >= 11 is 0. The molecule has 0 saturated heterocycles. The van der Waals surface area contributed by atoms with Crippen LogP contribution in [0.1, 0.15) is 97.1 Å². The Morgan fingerprint density at radius 3 is 2.01 bits per heavy atom. The number of hydrogen-bond acceptors (Lipinski definition) is 13. The van der Waals surface area contributed by atoms with Gasteiger partial charge in [0, 0.05) is 91.9 Å². The number of aromatic nitrogens is 1. The number of carbonyl (C=O) groups excluding carboxylic acids is 1. The van der Waals surface area contributed by atoms with Gasteiger partial charge in [0.25, 0.3) is 30.4 Å². The third kappa shape index (κ3) is 13.2. The van der Waals surface area contributed by atoms with Crippen LogP contribution in [0, 0.1) is 0 Å². The summed E-state index contributed by atoms with van der Waals surface area (Å²) in [5.41, 5.74) is 1.86. The van der Waals surface area contributed by atoms with Gasteiger partial charge in [0.15, 0.2) is 5.71 Å². The van der Waals surface area contributed by atoms with Crippen LogP contribution in [0.5, 0.6) is 11.8 Å². The van der Waals surface area contributed by atoms with Crippen molar-refractivity contribution >= 4 is 53.4 Å². The maximum absolute atomic E-state index is 12.5. The third-order valence-corrected chi connectivity index (χ3v) is 15.2. The van der Waals surface area contributed by atoms with Crippen molar-refractivity contribution in [3.8, 4) is 11.8 Å². The smallest absolute Gasteiger partial charge is 0.333 e. The minimum absolute atomic E-state index is 0.0152. The molecular formula is C48H64N3O15S3+. The molecule has 2 unspecified atom stereocenters. The van der Waals surface area contributed by atoms with Crippen LogP contribution in [-0.4, -0.2) is 115 Å². The van der Waals surface area contributed by atoms with Gasteiger partial charge in [-0.2, -0.15) is 29.8 Å². The molecule has 2 atom stereocenters. The van der Waals surface area contributed by atoms with Crippen molar-refractivity contribution in [3.05, 3.63) is 108 Å². The molecule has 2 aromatic carbocycles. The van der Waals surface area contributed by atoms with Gasteiger partial charge in [-0.1, -0.05) is 30.4 Å². The standard InChI is InChI=1S/C48H63N3O15S3/c1-7-65-31-27-46(2,3)50-40-23-21-36(69(61,62)63)34-38(40)47(4,26-16-32-67(55,56)57)42(50)18-13-10-8-9-12-17-41-48(5,28-30-64-6)37-33-35(68(58,59)60)20-22-39(37)49(41)29-15-11-14-19-45(54)66-51-43(52)24-25-44(51)53/h8-10,12-13,17-18,20-25,33-34H,7,11,14-16,19,26-32H2,1-6H3,(H4-,52,53,55,56,57,58,59,60,61,62,63)/p+1. The molecule has 3 aromatic rings. The number of anilines is 1. The maximum Gasteiger partial charge on any atom is 0.333 e.